The molecule has 0 aromatic carbocycles. The monoisotopic (exact) mass is 322 g/mol. The number of H-pyrrole nitrogens is 1. The summed E-state index contributed by atoms with van der Waals surface area (Å²) < 4.78 is 7.98. The largest absolute Gasteiger partial charge is 0.369 e. The van der Waals surface area contributed by atoms with Gasteiger partial charge in [-0.05, 0) is 31.1 Å². The van der Waals surface area contributed by atoms with E-state index in [2.05, 4.69) is 25.4 Å². The molecule has 1 N–H and O–H groups in total. The average Bonchev–Trinajstić information content (AvgIpc) is 2.80. The Balaban J connectivity index is 2.29. The maximum atomic E-state index is 12.8. The van der Waals surface area contributed by atoms with E-state index in [1.54, 1.807) is 22.0 Å². The van der Waals surface area contributed by atoms with Gasteiger partial charge in [-0.15, -0.1) is 17.9 Å². The predicted octanol–water partition coefficient (Wildman–Crippen LogP) is 3.55. The summed E-state index contributed by atoms with van der Waals surface area (Å²) in [4.78, 5) is 17.9. The Morgan fingerprint density at radius 1 is 1.62 bits per heavy atom. The summed E-state index contributed by atoms with van der Waals surface area (Å²) in [7, 11) is 0. The highest BCUT2D eigenvalue weighted by molar-refractivity contribution is 7.71. The molecule has 4 nitrogen and oxygen atoms in total. The van der Waals surface area contributed by atoms with Gasteiger partial charge in [0.15, 0.2) is 4.77 Å². The number of rotatable bonds is 3. The Kier molecular flexibility index (Phi) is 3.63. The Labute approximate surface area is 132 Å². The lowest BCUT2D eigenvalue weighted by Crippen LogP contribution is -2.34. The summed E-state index contributed by atoms with van der Waals surface area (Å²) in [6, 6.07) is 0. The molecular weight excluding hydrogens is 304 g/mol. The normalized spacial score (nSPS) is 21.4. The number of thiophene rings is 1. The molecule has 2 aromatic heterocycles. The Morgan fingerprint density at radius 3 is 3.05 bits per heavy atom. The van der Waals surface area contributed by atoms with Crippen molar-refractivity contribution in [1.82, 2.24) is 9.55 Å². The lowest BCUT2D eigenvalue weighted by Gasteiger charge is -2.32. The van der Waals surface area contributed by atoms with Crippen LogP contribution >= 0.6 is 23.6 Å². The van der Waals surface area contributed by atoms with Gasteiger partial charge in [-0.3, -0.25) is 9.36 Å². The standard InChI is InChI=1S/C15H18N2O2S2/c1-4-6-17-13(18)11-9-7-15(3,5-2)19-8-10(9)21-12(11)16-14(17)20/h4H,1,5-8H2,2-3H3,(H,16,20)/t15-/m0/s1. The molecule has 0 aliphatic carbocycles. The van der Waals surface area contributed by atoms with E-state index in [0.717, 1.165) is 33.5 Å². The fraction of sp³-hybridized carbons (Fsp3) is 0.467. The molecule has 0 fully saturated rings. The molecule has 0 spiro atoms. The van der Waals surface area contributed by atoms with Gasteiger partial charge in [0.2, 0.25) is 0 Å². The molecule has 3 heterocycles. The maximum absolute atomic E-state index is 12.8. The van der Waals surface area contributed by atoms with E-state index in [0.29, 0.717) is 17.9 Å². The van der Waals surface area contributed by atoms with E-state index in [9.17, 15) is 4.79 Å². The average molecular weight is 322 g/mol. The second-order valence-electron chi connectivity index (χ2n) is 5.61. The van der Waals surface area contributed by atoms with Gasteiger partial charge in [0.05, 0.1) is 17.6 Å². The topological polar surface area (TPSA) is 47.0 Å². The van der Waals surface area contributed by atoms with Crippen LogP contribution in [0.25, 0.3) is 10.2 Å². The Bertz CT molecular complexity index is 831. The highest BCUT2D eigenvalue weighted by Crippen LogP contribution is 2.38. The van der Waals surface area contributed by atoms with Gasteiger partial charge in [-0.1, -0.05) is 13.0 Å². The zero-order valence-corrected chi connectivity index (χ0v) is 13.8. The zero-order chi connectivity index (χ0) is 15.2. The first-order chi connectivity index (χ1) is 9.99. The second kappa shape index (κ2) is 5.19. The number of nitrogens with zero attached hydrogens (tertiary/aromatic N) is 1. The third kappa shape index (κ3) is 2.31. The van der Waals surface area contributed by atoms with Gasteiger partial charge >= 0.3 is 0 Å². The third-order valence-electron chi connectivity index (χ3n) is 4.18. The summed E-state index contributed by atoms with van der Waals surface area (Å²) in [5.41, 5.74) is 0.912. The van der Waals surface area contributed by atoms with Crippen molar-refractivity contribution in [3.8, 4) is 0 Å². The zero-order valence-electron chi connectivity index (χ0n) is 12.2. The van der Waals surface area contributed by atoms with Gasteiger partial charge in [0.1, 0.15) is 4.83 Å². The SMILES string of the molecule is C=CCn1c(=S)[nH]c2sc3c(c2c1=O)C[C@](C)(CC)OC3. The van der Waals surface area contributed by atoms with E-state index in [1.807, 2.05) is 0 Å². The van der Waals surface area contributed by atoms with Crippen molar-refractivity contribution < 1.29 is 4.74 Å². The first-order valence-corrected chi connectivity index (χ1v) is 8.24. The molecule has 0 radical (unpaired) electrons. The van der Waals surface area contributed by atoms with Crippen LogP contribution in [-0.2, 0) is 24.3 Å². The molecule has 6 heteroatoms. The van der Waals surface area contributed by atoms with E-state index in [4.69, 9.17) is 17.0 Å². The summed E-state index contributed by atoms with van der Waals surface area (Å²) in [6.07, 6.45) is 3.38. The minimum atomic E-state index is -0.191. The van der Waals surface area contributed by atoms with Crippen LogP contribution in [0, 0.1) is 4.77 Å². The molecule has 112 valence electrons. The van der Waals surface area contributed by atoms with Crippen LogP contribution in [0.15, 0.2) is 17.4 Å². The van der Waals surface area contributed by atoms with Crippen LogP contribution in [0.3, 0.4) is 0 Å². The van der Waals surface area contributed by atoms with Crippen LogP contribution in [0.2, 0.25) is 0 Å². The number of fused-ring (bicyclic) bond motifs is 3. The lowest BCUT2D eigenvalue weighted by molar-refractivity contribution is -0.0543. The van der Waals surface area contributed by atoms with Crippen molar-refractivity contribution in [2.45, 2.75) is 45.4 Å². The van der Waals surface area contributed by atoms with E-state index in [1.165, 1.54) is 0 Å². The quantitative estimate of drug-likeness (QED) is 0.694. The molecule has 0 amide bonds. The van der Waals surface area contributed by atoms with Crippen molar-refractivity contribution >= 4 is 33.8 Å². The van der Waals surface area contributed by atoms with Gasteiger partial charge in [0.25, 0.3) is 5.56 Å². The predicted molar refractivity (Wildman–Crippen MR) is 88.7 cm³/mol. The third-order valence-corrected chi connectivity index (χ3v) is 5.62. The van der Waals surface area contributed by atoms with Crippen molar-refractivity contribution in [2.24, 2.45) is 0 Å². The van der Waals surface area contributed by atoms with Gasteiger partial charge in [0, 0.05) is 17.8 Å². The van der Waals surface area contributed by atoms with Crippen molar-refractivity contribution in [2.75, 3.05) is 0 Å². The highest BCUT2D eigenvalue weighted by Gasteiger charge is 2.32. The maximum Gasteiger partial charge on any atom is 0.263 e. The van der Waals surface area contributed by atoms with Crippen molar-refractivity contribution in [3.63, 3.8) is 0 Å². The minimum absolute atomic E-state index is 0.0218. The molecule has 1 aliphatic rings. The van der Waals surface area contributed by atoms with Gasteiger partial charge in [-0.25, -0.2) is 0 Å². The first kappa shape index (κ1) is 14.7. The van der Waals surface area contributed by atoms with Crippen LogP contribution in [0.5, 0.6) is 0 Å². The van der Waals surface area contributed by atoms with Crippen LogP contribution in [-0.4, -0.2) is 15.2 Å². The number of hydrogen-bond donors (Lipinski definition) is 1. The van der Waals surface area contributed by atoms with E-state index < -0.39 is 0 Å². The molecule has 0 saturated heterocycles. The first-order valence-electron chi connectivity index (χ1n) is 7.01. The Hall–Kier alpha value is -1.24. The number of hydrogen-bond acceptors (Lipinski definition) is 4. The molecule has 0 bridgehead atoms. The lowest BCUT2D eigenvalue weighted by atomic mass is 9.90. The van der Waals surface area contributed by atoms with E-state index >= 15 is 0 Å². The fourth-order valence-electron chi connectivity index (χ4n) is 2.71. The second-order valence-corrected chi connectivity index (χ2v) is 7.10. The molecule has 21 heavy (non-hydrogen) atoms. The highest BCUT2D eigenvalue weighted by atomic mass is 32.1. The molecule has 3 rings (SSSR count). The fourth-order valence-corrected chi connectivity index (χ4v) is 4.15. The van der Waals surface area contributed by atoms with Gasteiger partial charge in [-0.2, -0.15) is 0 Å². The summed E-state index contributed by atoms with van der Waals surface area (Å²) in [5.74, 6) is 0. The molecule has 0 saturated carbocycles. The molecular formula is C15H18N2O2S2. The Morgan fingerprint density at radius 2 is 2.38 bits per heavy atom. The number of aromatic nitrogens is 2. The number of nitrogens with one attached hydrogen (secondary N) is 1. The molecule has 1 atom stereocenters. The van der Waals surface area contributed by atoms with Crippen LogP contribution in [0.1, 0.15) is 30.7 Å². The number of allylic oxidation sites excluding steroid dienone is 1. The van der Waals surface area contributed by atoms with Crippen LogP contribution < -0.4 is 5.56 Å². The van der Waals surface area contributed by atoms with Crippen molar-refractivity contribution in [3.05, 3.63) is 38.2 Å². The molecule has 2 aromatic rings. The smallest absolute Gasteiger partial charge is 0.263 e. The molecule has 0 unspecified atom stereocenters. The number of ether oxygens (including phenoxy) is 1. The van der Waals surface area contributed by atoms with E-state index in [-0.39, 0.29) is 11.2 Å². The minimum Gasteiger partial charge on any atom is -0.369 e. The summed E-state index contributed by atoms with van der Waals surface area (Å²) >= 11 is 6.86. The number of aromatic amines is 1. The molecule has 1 aliphatic heterocycles. The van der Waals surface area contributed by atoms with Gasteiger partial charge < -0.3 is 9.72 Å². The summed E-state index contributed by atoms with van der Waals surface area (Å²) in [5, 5.41) is 0.772. The van der Waals surface area contributed by atoms with Crippen LogP contribution in [0.4, 0.5) is 0 Å². The summed E-state index contributed by atoms with van der Waals surface area (Å²) in [6.45, 7) is 8.91. The van der Waals surface area contributed by atoms with Crippen molar-refractivity contribution in [1.29, 1.82) is 0 Å².